The summed E-state index contributed by atoms with van der Waals surface area (Å²) >= 11 is 0. The van der Waals surface area contributed by atoms with E-state index >= 15 is 0 Å². The van der Waals surface area contributed by atoms with Gasteiger partial charge in [0.1, 0.15) is 17.6 Å². The first-order valence-electron chi connectivity index (χ1n) is 8.24. The van der Waals surface area contributed by atoms with Crippen molar-refractivity contribution in [3.8, 4) is 11.5 Å². The van der Waals surface area contributed by atoms with Crippen molar-refractivity contribution < 1.29 is 14.3 Å². The molecule has 1 fully saturated rings. The predicted molar refractivity (Wildman–Crippen MR) is 94.1 cm³/mol. The fourth-order valence-corrected chi connectivity index (χ4v) is 2.58. The Morgan fingerprint density at radius 1 is 1.12 bits per heavy atom. The van der Waals surface area contributed by atoms with Gasteiger partial charge in [-0.05, 0) is 32.0 Å². The van der Waals surface area contributed by atoms with E-state index in [0.717, 1.165) is 11.3 Å². The van der Waals surface area contributed by atoms with Crippen LogP contribution in [0, 0.1) is 13.8 Å². The minimum atomic E-state index is -0.103. The number of benzene rings is 1. The summed E-state index contributed by atoms with van der Waals surface area (Å²) in [7, 11) is 1.72. The molecular weight excluding hydrogens is 320 g/mol. The van der Waals surface area contributed by atoms with Crippen molar-refractivity contribution in [2.24, 2.45) is 7.05 Å². The molecular formula is C19H22N2O4. The largest absolute Gasteiger partial charge is 0.486 e. The van der Waals surface area contributed by atoms with Gasteiger partial charge in [-0.15, -0.1) is 0 Å². The van der Waals surface area contributed by atoms with E-state index in [1.54, 1.807) is 16.5 Å². The molecule has 1 aliphatic heterocycles. The number of hydrogen-bond donors (Lipinski definition) is 0. The van der Waals surface area contributed by atoms with Crippen molar-refractivity contribution in [3.63, 3.8) is 0 Å². The molecule has 6 nitrogen and oxygen atoms in total. The SMILES string of the molecule is Cc1ccc(OCC(=O)N2CC(Oc3cc(C)n(C)c(=O)c3)C2)cc1. The molecule has 3 rings (SSSR count). The molecule has 6 heteroatoms. The van der Waals surface area contributed by atoms with Crippen LogP contribution >= 0.6 is 0 Å². The molecule has 1 aromatic heterocycles. The number of hydrogen-bond acceptors (Lipinski definition) is 4. The van der Waals surface area contributed by atoms with E-state index in [2.05, 4.69) is 0 Å². The Hall–Kier alpha value is -2.76. The molecule has 0 aliphatic carbocycles. The van der Waals surface area contributed by atoms with Gasteiger partial charge in [0.2, 0.25) is 0 Å². The fraction of sp³-hybridized carbons (Fsp3) is 0.368. The van der Waals surface area contributed by atoms with E-state index in [-0.39, 0.29) is 24.2 Å². The molecule has 1 aromatic carbocycles. The Balaban J connectivity index is 1.46. The van der Waals surface area contributed by atoms with E-state index in [4.69, 9.17) is 9.47 Å². The molecule has 25 heavy (non-hydrogen) atoms. The second kappa shape index (κ2) is 7.01. The Morgan fingerprint density at radius 2 is 1.80 bits per heavy atom. The monoisotopic (exact) mass is 342 g/mol. The number of carbonyl (C=O) groups is 1. The summed E-state index contributed by atoms with van der Waals surface area (Å²) in [6.07, 6.45) is -0.0881. The van der Waals surface area contributed by atoms with E-state index in [0.29, 0.717) is 24.6 Å². The number of likely N-dealkylation sites (tertiary alicyclic amines) is 1. The first-order chi connectivity index (χ1) is 11.9. The first kappa shape index (κ1) is 17.1. The Bertz CT molecular complexity index is 820. The van der Waals surface area contributed by atoms with E-state index < -0.39 is 0 Å². The highest BCUT2D eigenvalue weighted by molar-refractivity contribution is 5.78. The maximum atomic E-state index is 12.1. The molecule has 0 spiro atoms. The molecule has 0 radical (unpaired) electrons. The van der Waals surface area contributed by atoms with Crippen LogP contribution < -0.4 is 15.0 Å². The molecule has 132 valence electrons. The highest BCUT2D eigenvalue weighted by atomic mass is 16.5. The van der Waals surface area contributed by atoms with Crippen molar-refractivity contribution in [1.29, 1.82) is 0 Å². The molecule has 0 saturated carbocycles. The summed E-state index contributed by atoms with van der Waals surface area (Å²) in [5, 5.41) is 0. The van der Waals surface area contributed by atoms with Crippen LogP contribution in [0.1, 0.15) is 11.3 Å². The van der Waals surface area contributed by atoms with Gasteiger partial charge in [0.25, 0.3) is 11.5 Å². The molecule has 1 amide bonds. The van der Waals surface area contributed by atoms with Crippen molar-refractivity contribution in [1.82, 2.24) is 9.47 Å². The maximum Gasteiger partial charge on any atom is 0.260 e. The number of aromatic nitrogens is 1. The van der Waals surface area contributed by atoms with Gasteiger partial charge in [-0.1, -0.05) is 17.7 Å². The summed E-state index contributed by atoms with van der Waals surface area (Å²) in [6.45, 7) is 4.88. The standard InChI is InChI=1S/C19H22N2O4/c1-13-4-6-15(7-5-13)24-12-19(23)21-10-17(11-21)25-16-8-14(2)20(3)18(22)9-16/h4-9,17H,10-12H2,1-3H3. The van der Waals surface area contributed by atoms with E-state index in [9.17, 15) is 9.59 Å². The van der Waals surface area contributed by atoms with Gasteiger partial charge >= 0.3 is 0 Å². The third-order valence-electron chi connectivity index (χ3n) is 4.36. The van der Waals surface area contributed by atoms with Crippen molar-refractivity contribution in [2.75, 3.05) is 19.7 Å². The quantitative estimate of drug-likeness (QED) is 0.829. The average Bonchev–Trinajstić information content (AvgIpc) is 2.54. The molecule has 2 aromatic rings. The zero-order chi connectivity index (χ0) is 18.0. The number of carbonyl (C=O) groups excluding carboxylic acids is 1. The van der Waals surface area contributed by atoms with Crippen LogP contribution in [0.5, 0.6) is 11.5 Å². The summed E-state index contributed by atoms with van der Waals surface area (Å²) in [4.78, 5) is 25.6. The topological polar surface area (TPSA) is 60.8 Å². The minimum Gasteiger partial charge on any atom is -0.486 e. The van der Waals surface area contributed by atoms with Crippen LogP contribution in [0.2, 0.25) is 0 Å². The van der Waals surface area contributed by atoms with Gasteiger partial charge in [-0.2, -0.15) is 0 Å². The number of ether oxygens (including phenoxy) is 2. The maximum absolute atomic E-state index is 12.1. The van der Waals surface area contributed by atoms with E-state index in [1.807, 2.05) is 44.2 Å². The van der Waals surface area contributed by atoms with Gasteiger partial charge in [0.15, 0.2) is 6.61 Å². The molecule has 0 unspecified atom stereocenters. The predicted octanol–water partition coefficient (Wildman–Crippen LogP) is 1.67. The second-order valence-corrected chi connectivity index (χ2v) is 6.37. The normalized spacial score (nSPS) is 14.1. The van der Waals surface area contributed by atoms with Crippen molar-refractivity contribution in [3.05, 3.63) is 58.0 Å². The van der Waals surface area contributed by atoms with Gasteiger partial charge < -0.3 is 18.9 Å². The lowest BCUT2D eigenvalue weighted by Crippen LogP contribution is -2.57. The lowest BCUT2D eigenvalue weighted by Gasteiger charge is -2.38. The molecule has 0 N–H and O–H groups in total. The third kappa shape index (κ3) is 4.02. The number of nitrogens with zero attached hydrogens (tertiary/aromatic N) is 2. The van der Waals surface area contributed by atoms with Crippen LogP contribution in [0.15, 0.2) is 41.2 Å². The van der Waals surface area contributed by atoms with Gasteiger partial charge in [0.05, 0.1) is 13.1 Å². The highest BCUT2D eigenvalue weighted by Gasteiger charge is 2.32. The summed E-state index contributed by atoms with van der Waals surface area (Å²) in [5.74, 6) is 1.16. The number of aryl methyl sites for hydroxylation is 2. The van der Waals surface area contributed by atoms with E-state index in [1.165, 1.54) is 6.07 Å². The second-order valence-electron chi connectivity index (χ2n) is 6.37. The minimum absolute atomic E-state index is 0.0147. The highest BCUT2D eigenvalue weighted by Crippen LogP contribution is 2.18. The van der Waals surface area contributed by atoms with Gasteiger partial charge in [-0.3, -0.25) is 9.59 Å². The Kier molecular flexibility index (Phi) is 4.79. The molecule has 1 saturated heterocycles. The summed E-state index contributed by atoms with van der Waals surface area (Å²) in [6, 6.07) is 10.9. The van der Waals surface area contributed by atoms with Crippen molar-refractivity contribution in [2.45, 2.75) is 20.0 Å². The molecule has 2 heterocycles. The average molecular weight is 342 g/mol. The molecule has 0 atom stereocenters. The van der Waals surface area contributed by atoms with Gasteiger partial charge in [0, 0.05) is 18.8 Å². The van der Waals surface area contributed by atoms with Crippen LogP contribution in [-0.4, -0.2) is 41.2 Å². The molecule has 1 aliphatic rings. The number of pyridine rings is 1. The smallest absolute Gasteiger partial charge is 0.260 e. The van der Waals surface area contributed by atoms with Crippen LogP contribution in [0.3, 0.4) is 0 Å². The lowest BCUT2D eigenvalue weighted by molar-refractivity contribution is -0.142. The molecule has 0 bridgehead atoms. The lowest BCUT2D eigenvalue weighted by atomic mass is 10.1. The van der Waals surface area contributed by atoms with Crippen LogP contribution in [0.25, 0.3) is 0 Å². The number of amides is 1. The fourth-order valence-electron chi connectivity index (χ4n) is 2.58. The zero-order valence-corrected chi connectivity index (χ0v) is 14.7. The Labute approximate surface area is 146 Å². The van der Waals surface area contributed by atoms with Crippen molar-refractivity contribution >= 4 is 5.91 Å². The first-order valence-corrected chi connectivity index (χ1v) is 8.24. The summed E-state index contributed by atoms with van der Waals surface area (Å²) in [5.41, 5.74) is 1.88. The van der Waals surface area contributed by atoms with Crippen LogP contribution in [0.4, 0.5) is 0 Å². The number of rotatable bonds is 5. The summed E-state index contributed by atoms with van der Waals surface area (Å²) < 4.78 is 12.8. The third-order valence-corrected chi connectivity index (χ3v) is 4.36. The Morgan fingerprint density at radius 3 is 2.44 bits per heavy atom. The van der Waals surface area contributed by atoms with Gasteiger partial charge in [-0.25, -0.2) is 0 Å². The zero-order valence-electron chi connectivity index (χ0n) is 14.7. The van der Waals surface area contributed by atoms with Crippen LogP contribution in [-0.2, 0) is 11.8 Å².